The van der Waals surface area contributed by atoms with Gasteiger partial charge in [-0.2, -0.15) is 0 Å². The molecule has 2 rings (SSSR count). The van der Waals surface area contributed by atoms with Crippen LogP contribution >= 0.6 is 0 Å². The molecule has 0 unspecified atom stereocenters. The number of hydrogen-bond acceptors (Lipinski definition) is 4. The van der Waals surface area contributed by atoms with Crippen molar-refractivity contribution in [2.75, 3.05) is 7.05 Å². The molecule has 0 aromatic heterocycles. The first-order chi connectivity index (χ1) is 12.5. The van der Waals surface area contributed by atoms with Gasteiger partial charge in [0.1, 0.15) is 0 Å². The van der Waals surface area contributed by atoms with E-state index in [0.29, 0.717) is 5.56 Å². The lowest BCUT2D eigenvalue weighted by Gasteiger charge is -2.19. The predicted molar refractivity (Wildman–Crippen MR) is 97.3 cm³/mol. The van der Waals surface area contributed by atoms with Crippen LogP contribution in [0.2, 0.25) is 0 Å². The Balaban J connectivity index is 2.09. The summed E-state index contributed by atoms with van der Waals surface area (Å²) in [6.45, 7) is 1.92. The van der Waals surface area contributed by atoms with Gasteiger partial charge >= 0.3 is 12.0 Å². The van der Waals surface area contributed by atoms with E-state index in [1.165, 1.54) is 7.05 Å². The second-order valence-corrected chi connectivity index (χ2v) is 5.86. The third-order valence-electron chi connectivity index (χ3n) is 3.90. The molecule has 0 aliphatic carbocycles. The van der Waals surface area contributed by atoms with Crippen molar-refractivity contribution in [1.82, 2.24) is 10.6 Å². The van der Waals surface area contributed by atoms with Crippen molar-refractivity contribution in [2.45, 2.75) is 25.4 Å². The van der Waals surface area contributed by atoms with Crippen LogP contribution < -0.4 is 10.6 Å². The standard InChI is InChI=1S/C20H22N2O4/c1-14(15-9-5-3-6-10-15)13-17(23)26-18(16-11-7-4-8-12-16)19(24)22-20(25)21-2/h3-12,14,18H,13H2,1-2H3,(H2,21,22,24,25)/t14-,18+/m0/s1. The minimum absolute atomic E-state index is 0.0536. The summed E-state index contributed by atoms with van der Waals surface area (Å²) in [5, 5.41) is 4.45. The average molecular weight is 354 g/mol. The molecule has 2 atom stereocenters. The van der Waals surface area contributed by atoms with Gasteiger partial charge in [0, 0.05) is 12.6 Å². The van der Waals surface area contributed by atoms with E-state index in [4.69, 9.17) is 4.74 Å². The fourth-order valence-corrected chi connectivity index (χ4v) is 2.47. The molecule has 0 bridgehead atoms. The van der Waals surface area contributed by atoms with Crippen LogP contribution in [0.15, 0.2) is 60.7 Å². The maximum Gasteiger partial charge on any atom is 0.321 e. The number of carbonyl (C=O) groups is 3. The van der Waals surface area contributed by atoms with Gasteiger partial charge in [-0.15, -0.1) is 0 Å². The third-order valence-corrected chi connectivity index (χ3v) is 3.90. The van der Waals surface area contributed by atoms with E-state index in [9.17, 15) is 14.4 Å². The van der Waals surface area contributed by atoms with Crippen molar-refractivity contribution in [1.29, 1.82) is 0 Å². The molecule has 2 N–H and O–H groups in total. The summed E-state index contributed by atoms with van der Waals surface area (Å²) < 4.78 is 5.40. The minimum atomic E-state index is -1.19. The number of hydrogen-bond donors (Lipinski definition) is 2. The maximum atomic E-state index is 12.4. The maximum absolute atomic E-state index is 12.4. The summed E-state index contributed by atoms with van der Waals surface area (Å²) in [4.78, 5) is 36.1. The molecule has 3 amide bonds. The number of rotatable bonds is 6. The van der Waals surface area contributed by atoms with Gasteiger partial charge in [0.05, 0.1) is 6.42 Å². The van der Waals surface area contributed by atoms with E-state index in [2.05, 4.69) is 10.6 Å². The van der Waals surface area contributed by atoms with Gasteiger partial charge in [-0.05, 0) is 11.5 Å². The molecule has 6 heteroatoms. The van der Waals surface area contributed by atoms with Crippen LogP contribution in [0.4, 0.5) is 4.79 Å². The van der Waals surface area contributed by atoms with Gasteiger partial charge in [-0.25, -0.2) is 4.79 Å². The SMILES string of the molecule is CNC(=O)NC(=O)[C@H](OC(=O)C[C@H](C)c1ccccc1)c1ccccc1. The first-order valence-corrected chi connectivity index (χ1v) is 8.33. The van der Waals surface area contributed by atoms with Crippen molar-refractivity contribution in [3.8, 4) is 0 Å². The number of carbonyl (C=O) groups excluding carboxylic acids is 3. The highest BCUT2D eigenvalue weighted by Crippen LogP contribution is 2.23. The Bertz CT molecular complexity index is 747. The van der Waals surface area contributed by atoms with E-state index in [1.807, 2.05) is 37.3 Å². The van der Waals surface area contributed by atoms with Gasteiger partial charge < -0.3 is 10.1 Å². The third kappa shape index (κ3) is 5.44. The second-order valence-electron chi connectivity index (χ2n) is 5.86. The molecule has 0 saturated carbocycles. The first-order valence-electron chi connectivity index (χ1n) is 8.33. The van der Waals surface area contributed by atoms with E-state index >= 15 is 0 Å². The van der Waals surface area contributed by atoms with Crippen LogP contribution in [0.3, 0.4) is 0 Å². The summed E-state index contributed by atoms with van der Waals surface area (Å²) in [7, 11) is 1.40. The number of nitrogens with one attached hydrogen (secondary N) is 2. The molecule has 136 valence electrons. The Kier molecular flexibility index (Phi) is 6.91. The summed E-state index contributed by atoms with van der Waals surface area (Å²) in [6, 6.07) is 17.5. The summed E-state index contributed by atoms with van der Waals surface area (Å²) in [5.74, 6) is -1.26. The smallest absolute Gasteiger partial charge is 0.321 e. The quantitative estimate of drug-likeness (QED) is 0.781. The summed E-state index contributed by atoms with van der Waals surface area (Å²) in [5.41, 5.74) is 1.50. The molecule has 0 heterocycles. The molecule has 0 spiro atoms. The highest BCUT2D eigenvalue weighted by molar-refractivity contribution is 5.97. The lowest BCUT2D eigenvalue weighted by atomic mass is 9.98. The van der Waals surface area contributed by atoms with E-state index in [0.717, 1.165) is 5.56 Å². The summed E-state index contributed by atoms with van der Waals surface area (Å²) >= 11 is 0. The topological polar surface area (TPSA) is 84.5 Å². The van der Waals surface area contributed by atoms with Crippen molar-refractivity contribution < 1.29 is 19.1 Å². The number of esters is 1. The molecule has 2 aromatic rings. The lowest BCUT2D eigenvalue weighted by molar-refractivity contribution is -0.156. The normalized spacial score (nSPS) is 12.5. The molecule has 0 radical (unpaired) electrons. The van der Waals surface area contributed by atoms with E-state index in [-0.39, 0.29) is 12.3 Å². The molecule has 2 aromatic carbocycles. The van der Waals surface area contributed by atoms with Crippen LogP contribution in [0.25, 0.3) is 0 Å². The Morgan fingerprint density at radius 3 is 2.00 bits per heavy atom. The molecule has 0 fully saturated rings. The molecule has 0 saturated heterocycles. The van der Waals surface area contributed by atoms with E-state index < -0.39 is 24.0 Å². The average Bonchev–Trinajstić information content (AvgIpc) is 2.67. The van der Waals surface area contributed by atoms with Crippen LogP contribution in [0, 0.1) is 0 Å². The molecular formula is C20H22N2O4. The zero-order valence-corrected chi connectivity index (χ0v) is 14.8. The molecule has 26 heavy (non-hydrogen) atoms. The first kappa shape index (κ1) is 19.2. The lowest BCUT2D eigenvalue weighted by Crippen LogP contribution is -2.41. The van der Waals surface area contributed by atoms with Gasteiger partial charge in [-0.1, -0.05) is 67.6 Å². The van der Waals surface area contributed by atoms with Crippen LogP contribution in [0.5, 0.6) is 0 Å². The highest BCUT2D eigenvalue weighted by Gasteiger charge is 2.27. The molecule has 0 aliphatic rings. The van der Waals surface area contributed by atoms with Gasteiger partial charge in [-0.3, -0.25) is 14.9 Å². The zero-order valence-electron chi connectivity index (χ0n) is 14.8. The number of benzene rings is 2. The molecular weight excluding hydrogens is 332 g/mol. The Morgan fingerprint density at radius 2 is 1.46 bits per heavy atom. The number of amides is 3. The predicted octanol–water partition coefficient (Wildman–Crippen LogP) is 2.92. The number of imide groups is 1. The van der Waals surface area contributed by atoms with Crippen molar-refractivity contribution >= 4 is 17.9 Å². The van der Waals surface area contributed by atoms with Crippen LogP contribution in [-0.2, 0) is 14.3 Å². The zero-order chi connectivity index (χ0) is 18.9. The second kappa shape index (κ2) is 9.36. The number of urea groups is 1. The number of ether oxygens (including phenoxy) is 1. The van der Waals surface area contributed by atoms with Crippen molar-refractivity contribution in [2.24, 2.45) is 0 Å². The largest absolute Gasteiger partial charge is 0.447 e. The highest BCUT2D eigenvalue weighted by atomic mass is 16.5. The monoisotopic (exact) mass is 354 g/mol. The summed E-state index contributed by atoms with van der Waals surface area (Å²) in [6.07, 6.45) is -1.07. The molecule has 6 nitrogen and oxygen atoms in total. The fraction of sp³-hybridized carbons (Fsp3) is 0.250. The van der Waals surface area contributed by atoms with Crippen LogP contribution in [-0.4, -0.2) is 25.0 Å². The van der Waals surface area contributed by atoms with Crippen LogP contribution in [0.1, 0.15) is 36.5 Å². The van der Waals surface area contributed by atoms with Gasteiger partial charge in [0.15, 0.2) is 0 Å². The van der Waals surface area contributed by atoms with Gasteiger partial charge in [0.25, 0.3) is 5.91 Å². The minimum Gasteiger partial charge on any atom is -0.447 e. The van der Waals surface area contributed by atoms with Crippen molar-refractivity contribution in [3.63, 3.8) is 0 Å². The van der Waals surface area contributed by atoms with E-state index in [1.54, 1.807) is 30.3 Å². The Morgan fingerprint density at radius 1 is 0.923 bits per heavy atom. The van der Waals surface area contributed by atoms with Gasteiger partial charge in [0.2, 0.25) is 6.10 Å². The fourth-order valence-electron chi connectivity index (χ4n) is 2.47. The molecule has 0 aliphatic heterocycles. The Labute approximate surface area is 152 Å². The van der Waals surface area contributed by atoms with Crippen molar-refractivity contribution in [3.05, 3.63) is 71.8 Å². The Hall–Kier alpha value is -3.15.